The Morgan fingerprint density at radius 2 is 1.14 bits per heavy atom. The molecule has 3 rings (SSSR count). The molecular weight excluding hydrogens is 739 g/mol. The topological polar surface area (TPSA) is 156 Å². The molecule has 0 aliphatic rings. The summed E-state index contributed by atoms with van der Waals surface area (Å²) in [7, 11) is -13.9. The van der Waals surface area contributed by atoms with Crippen molar-refractivity contribution in [3.8, 4) is 11.5 Å². The van der Waals surface area contributed by atoms with Gasteiger partial charge < -0.3 is 4.74 Å². The standard InChI is InChI=1S/C33H40Cl2O11S3/c1-31(2,3)19-43-47(37,38)23-12-15-27(29(18-23)49(41,42)46-33(7,8)9)45-26-14-10-21(30(36)24-17-22(34)11-13-25(24)35)16-28(26)48(39,40)44-20-32(4,5)6/h10-18H,19-20H2,1-9H3. The van der Waals surface area contributed by atoms with E-state index in [9.17, 15) is 30.0 Å². The van der Waals surface area contributed by atoms with Gasteiger partial charge in [-0.25, -0.2) is 0 Å². The fourth-order valence-electron chi connectivity index (χ4n) is 3.81. The smallest absolute Gasteiger partial charge is 0.301 e. The first-order valence-electron chi connectivity index (χ1n) is 14.8. The zero-order chi connectivity index (χ0) is 37.4. The summed E-state index contributed by atoms with van der Waals surface area (Å²) in [4.78, 5) is 11.6. The van der Waals surface area contributed by atoms with E-state index in [2.05, 4.69) is 0 Å². The second kappa shape index (κ2) is 14.6. The van der Waals surface area contributed by atoms with E-state index < -0.39 is 78.8 Å². The van der Waals surface area contributed by atoms with Crippen molar-refractivity contribution in [2.24, 2.45) is 10.8 Å². The molecule has 0 unspecified atom stereocenters. The normalized spacial score (nSPS) is 13.4. The first-order valence-corrected chi connectivity index (χ1v) is 19.8. The van der Waals surface area contributed by atoms with Crippen molar-refractivity contribution in [1.29, 1.82) is 0 Å². The van der Waals surface area contributed by atoms with Crippen LogP contribution < -0.4 is 4.74 Å². The summed E-state index contributed by atoms with van der Waals surface area (Å²) in [5.41, 5.74) is -2.52. The fourth-order valence-corrected chi connectivity index (χ4v) is 8.04. The molecule has 270 valence electrons. The zero-order valence-corrected chi connectivity index (χ0v) is 32.5. The number of ether oxygens (including phenoxy) is 1. The van der Waals surface area contributed by atoms with Crippen LogP contribution in [-0.4, -0.2) is 49.9 Å². The minimum Gasteiger partial charge on any atom is -0.454 e. The molecule has 0 saturated heterocycles. The van der Waals surface area contributed by atoms with Crippen LogP contribution in [0.5, 0.6) is 11.5 Å². The highest BCUT2D eigenvalue weighted by Gasteiger charge is 2.32. The lowest BCUT2D eigenvalue weighted by Crippen LogP contribution is -2.25. The van der Waals surface area contributed by atoms with Crippen LogP contribution in [0, 0.1) is 10.8 Å². The van der Waals surface area contributed by atoms with Gasteiger partial charge in [0.25, 0.3) is 10.1 Å². The van der Waals surface area contributed by atoms with Gasteiger partial charge in [-0.1, -0.05) is 64.7 Å². The van der Waals surface area contributed by atoms with Crippen LogP contribution in [0.25, 0.3) is 0 Å². The van der Waals surface area contributed by atoms with Gasteiger partial charge in [0.2, 0.25) is 0 Å². The lowest BCUT2D eigenvalue weighted by molar-refractivity contribution is 0.103. The molecule has 0 spiro atoms. The van der Waals surface area contributed by atoms with Gasteiger partial charge in [-0.15, -0.1) is 0 Å². The van der Waals surface area contributed by atoms with E-state index >= 15 is 0 Å². The van der Waals surface area contributed by atoms with Gasteiger partial charge in [-0.2, -0.15) is 25.3 Å². The van der Waals surface area contributed by atoms with Crippen molar-refractivity contribution in [3.05, 3.63) is 75.8 Å². The Bertz CT molecular complexity index is 2060. The fraction of sp³-hybridized carbons (Fsp3) is 0.424. The molecule has 0 heterocycles. The maximum atomic E-state index is 13.6. The quantitative estimate of drug-likeness (QED) is 0.130. The van der Waals surface area contributed by atoms with Crippen LogP contribution in [0.15, 0.2) is 69.3 Å². The molecule has 11 nitrogen and oxygen atoms in total. The van der Waals surface area contributed by atoms with Gasteiger partial charge in [-0.05, 0) is 86.2 Å². The van der Waals surface area contributed by atoms with Crippen LogP contribution in [0.4, 0.5) is 0 Å². The zero-order valence-electron chi connectivity index (χ0n) is 28.6. The lowest BCUT2D eigenvalue weighted by atomic mass is 9.99. The molecule has 0 fully saturated rings. The van der Waals surface area contributed by atoms with Gasteiger partial charge in [0.15, 0.2) is 5.78 Å². The summed E-state index contributed by atoms with van der Waals surface area (Å²) in [6, 6.07) is 10.5. The van der Waals surface area contributed by atoms with Gasteiger partial charge in [-0.3, -0.25) is 17.3 Å². The average molecular weight is 780 g/mol. The Morgan fingerprint density at radius 1 is 0.633 bits per heavy atom. The highest BCUT2D eigenvalue weighted by atomic mass is 35.5. The van der Waals surface area contributed by atoms with Crippen LogP contribution in [-0.2, 0) is 42.9 Å². The molecule has 0 aliphatic carbocycles. The molecule has 16 heteroatoms. The summed E-state index contributed by atoms with van der Waals surface area (Å²) in [5, 5.41) is 0.285. The Balaban J connectivity index is 2.25. The third kappa shape index (κ3) is 11.5. The molecule has 0 N–H and O–H groups in total. The Hall–Kier alpha value is -2.56. The van der Waals surface area contributed by atoms with E-state index in [1.54, 1.807) is 41.5 Å². The highest BCUT2D eigenvalue weighted by molar-refractivity contribution is 7.87. The molecule has 3 aromatic rings. The molecule has 0 radical (unpaired) electrons. The minimum absolute atomic E-state index is 0.0000194. The number of halogens is 2. The predicted molar refractivity (Wildman–Crippen MR) is 186 cm³/mol. The molecule has 0 bridgehead atoms. The third-order valence-electron chi connectivity index (χ3n) is 6.00. The lowest BCUT2D eigenvalue weighted by Gasteiger charge is -2.22. The number of carbonyl (C=O) groups is 1. The van der Waals surface area contributed by atoms with Crippen LogP contribution in [0.2, 0.25) is 10.0 Å². The van der Waals surface area contributed by atoms with Crippen molar-refractivity contribution in [2.45, 2.75) is 82.6 Å². The van der Waals surface area contributed by atoms with Crippen LogP contribution >= 0.6 is 23.2 Å². The van der Waals surface area contributed by atoms with E-state index in [0.29, 0.717) is 0 Å². The summed E-state index contributed by atoms with van der Waals surface area (Å²) in [5.74, 6) is -1.59. The Morgan fingerprint density at radius 3 is 1.67 bits per heavy atom. The Kier molecular flexibility index (Phi) is 12.2. The molecular formula is C33H40Cl2O11S3. The van der Waals surface area contributed by atoms with E-state index in [-0.39, 0.29) is 34.4 Å². The molecule has 0 saturated carbocycles. The second-order valence-corrected chi connectivity index (χ2v) is 20.1. The molecule has 49 heavy (non-hydrogen) atoms. The van der Waals surface area contributed by atoms with E-state index in [1.807, 2.05) is 0 Å². The summed E-state index contributed by atoms with van der Waals surface area (Å²) in [6.07, 6.45) is 0. The average Bonchev–Trinajstić information content (AvgIpc) is 2.94. The third-order valence-corrected chi connectivity index (χ3v) is 10.7. The highest BCUT2D eigenvalue weighted by Crippen LogP contribution is 2.38. The van der Waals surface area contributed by atoms with Crippen molar-refractivity contribution in [2.75, 3.05) is 13.2 Å². The molecule has 0 aliphatic heterocycles. The van der Waals surface area contributed by atoms with Gasteiger partial charge >= 0.3 is 20.2 Å². The van der Waals surface area contributed by atoms with Crippen molar-refractivity contribution in [3.63, 3.8) is 0 Å². The van der Waals surface area contributed by atoms with E-state index in [4.69, 9.17) is 40.5 Å². The largest absolute Gasteiger partial charge is 0.454 e. The van der Waals surface area contributed by atoms with Gasteiger partial charge in [0.1, 0.15) is 21.3 Å². The number of carbonyl (C=O) groups excluding carboxylic acids is 1. The van der Waals surface area contributed by atoms with E-state index in [0.717, 1.165) is 30.3 Å². The molecule has 0 aromatic heterocycles. The van der Waals surface area contributed by atoms with E-state index in [1.165, 1.54) is 45.0 Å². The van der Waals surface area contributed by atoms with Crippen LogP contribution in [0.1, 0.15) is 78.2 Å². The molecule has 3 aromatic carbocycles. The number of ketones is 1. The SMILES string of the molecule is CC(C)(C)COS(=O)(=O)c1ccc(Oc2ccc(C(=O)c3cc(Cl)ccc3Cl)cc2S(=O)(=O)OCC(C)(C)C)c(S(=O)(=O)OC(C)(C)C)c1. The van der Waals surface area contributed by atoms with Crippen LogP contribution in [0.3, 0.4) is 0 Å². The van der Waals surface area contributed by atoms with Crippen molar-refractivity contribution >= 4 is 59.3 Å². The summed E-state index contributed by atoms with van der Waals surface area (Å²) in [6.45, 7) is 14.5. The maximum Gasteiger partial charge on any atom is 0.301 e. The summed E-state index contributed by atoms with van der Waals surface area (Å²) >= 11 is 12.3. The predicted octanol–water partition coefficient (Wildman–Crippen LogP) is 8.02. The first kappa shape index (κ1) is 40.9. The number of rotatable bonds is 12. The number of hydrogen-bond donors (Lipinski definition) is 0. The van der Waals surface area contributed by atoms with Gasteiger partial charge in [0, 0.05) is 16.1 Å². The number of benzene rings is 3. The first-order chi connectivity index (χ1) is 22.1. The maximum absolute atomic E-state index is 13.6. The van der Waals surface area contributed by atoms with Crippen molar-refractivity contribution < 1.29 is 47.3 Å². The molecule has 0 amide bonds. The van der Waals surface area contributed by atoms with Crippen molar-refractivity contribution in [1.82, 2.24) is 0 Å². The Labute approximate surface area is 299 Å². The second-order valence-electron chi connectivity index (χ2n) is 14.5. The van der Waals surface area contributed by atoms with Gasteiger partial charge in [0.05, 0.1) is 28.7 Å². The monoisotopic (exact) mass is 778 g/mol. The number of hydrogen-bond acceptors (Lipinski definition) is 11. The minimum atomic E-state index is -4.75. The molecule has 0 atom stereocenters. The summed E-state index contributed by atoms with van der Waals surface area (Å²) < 4.78 is 102.